The second kappa shape index (κ2) is 7.98. The fourth-order valence-corrected chi connectivity index (χ4v) is 2.35. The normalized spacial score (nSPS) is 18.6. The van der Waals surface area contributed by atoms with Gasteiger partial charge >= 0.3 is 0 Å². The van der Waals surface area contributed by atoms with E-state index >= 15 is 0 Å². The number of rotatable bonds is 6. The molecule has 116 valence electrons. The lowest BCUT2D eigenvalue weighted by atomic mass is 10.1. The van der Waals surface area contributed by atoms with E-state index < -0.39 is 0 Å². The molecule has 1 atom stereocenters. The van der Waals surface area contributed by atoms with Gasteiger partial charge in [-0.05, 0) is 43.5 Å². The number of ether oxygens (including phenoxy) is 2. The molecule has 0 bridgehead atoms. The minimum Gasteiger partial charge on any atom is -0.484 e. The fraction of sp³-hybridized carbons (Fsp3) is 0.562. The number of piperidine rings is 1. The van der Waals surface area contributed by atoms with Gasteiger partial charge in [0, 0.05) is 19.7 Å². The van der Waals surface area contributed by atoms with E-state index in [0.717, 1.165) is 32.4 Å². The Morgan fingerprint density at radius 1 is 1.38 bits per heavy atom. The largest absolute Gasteiger partial charge is 0.484 e. The summed E-state index contributed by atoms with van der Waals surface area (Å²) in [5, 5.41) is 0. The SMILES string of the molecule is CCCOC1CCCN(C(=O)COc2ccc(F)cc2)C1. The van der Waals surface area contributed by atoms with Gasteiger partial charge in [-0.15, -0.1) is 0 Å². The first-order chi connectivity index (χ1) is 10.2. The minimum absolute atomic E-state index is 0.0217. The number of halogens is 1. The van der Waals surface area contributed by atoms with Crippen LogP contribution in [0, 0.1) is 5.82 Å². The summed E-state index contributed by atoms with van der Waals surface area (Å²) in [5.74, 6) is 0.130. The molecule has 0 radical (unpaired) electrons. The number of hydrogen-bond donors (Lipinski definition) is 0. The van der Waals surface area contributed by atoms with Gasteiger partial charge in [-0.1, -0.05) is 6.92 Å². The number of carbonyl (C=O) groups is 1. The van der Waals surface area contributed by atoms with Gasteiger partial charge < -0.3 is 14.4 Å². The monoisotopic (exact) mass is 295 g/mol. The molecule has 1 heterocycles. The lowest BCUT2D eigenvalue weighted by Gasteiger charge is -2.32. The summed E-state index contributed by atoms with van der Waals surface area (Å²) in [6.07, 6.45) is 3.07. The van der Waals surface area contributed by atoms with Crippen molar-refractivity contribution in [2.45, 2.75) is 32.3 Å². The zero-order valence-corrected chi connectivity index (χ0v) is 12.4. The second-order valence-electron chi connectivity index (χ2n) is 5.22. The number of likely N-dealkylation sites (tertiary alicyclic amines) is 1. The van der Waals surface area contributed by atoms with Gasteiger partial charge in [0.05, 0.1) is 6.10 Å². The lowest BCUT2D eigenvalue weighted by Crippen LogP contribution is -2.45. The van der Waals surface area contributed by atoms with E-state index in [2.05, 4.69) is 6.92 Å². The second-order valence-corrected chi connectivity index (χ2v) is 5.22. The highest BCUT2D eigenvalue weighted by Crippen LogP contribution is 2.15. The fourth-order valence-electron chi connectivity index (χ4n) is 2.35. The van der Waals surface area contributed by atoms with Crippen molar-refractivity contribution in [3.05, 3.63) is 30.1 Å². The van der Waals surface area contributed by atoms with E-state index in [0.29, 0.717) is 12.3 Å². The summed E-state index contributed by atoms with van der Waals surface area (Å²) in [7, 11) is 0. The molecule has 4 nitrogen and oxygen atoms in total. The molecule has 1 aromatic carbocycles. The van der Waals surface area contributed by atoms with Crippen LogP contribution in [0.4, 0.5) is 4.39 Å². The van der Waals surface area contributed by atoms with Gasteiger partial charge in [0.1, 0.15) is 11.6 Å². The zero-order valence-electron chi connectivity index (χ0n) is 12.4. The van der Waals surface area contributed by atoms with Crippen LogP contribution in [0.15, 0.2) is 24.3 Å². The number of benzene rings is 1. The third-order valence-corrected chi connectivity index (χ3v) is 3.46. The quantitative estimate of drug-likeness (QED) is 0.810. The highest BCUT2D eigenvalue weighted by molar-refractivity contribution is 5.77. The molecule has 1 aromatic rings. The van der Waals surface area contributed by atoms with Crippen molar-refractivity contribution >= 4 is 5.91 Å². The Labute approximate surface area is 124 Å². The van der Waals surface area contributed by atoms with E-state index in [9.17, 15) is 9.18 Å². The first-order valence-corrected chi connectivity index (χ1v) is 7.46. The van der Waals surface area contributed by atoms with Crippen LogP contribution < -0.4 is 4.74 Å². The molecule has 0 spiro atoms. The Bertz CT molecular complexity index is 449. The molecule has 0 saturated carbocycles. The molecule has 1 amide bonds. The van der Waals surface area contributed by atoms with Crippen LogP contribution in [0.2, 0.25) is 0 Å². The number of hydrogen-bond acceptors (Lipinski definition) is 3. The Hall–Kier alpha value is -1.62. The van der Waals surface area contributed by atoms with Crippen molar-refractivity contribution in [1.82, 2.24) is 4.90 Å². The topological polar surface area (TPSA) is 38.8 Å². The lowest BCUT2D eigenvalue weighted by molar-refractivity contribution is -0.137. The van der Waals surface area contributed by atoms with E-state index in [1.807, 2.05) is 0 Å². The van der Waals surface area contributed by atoms with Crippen molar-refractivity contribution < 1.29 is 18.7 Å². The predicted octanol–water partition coefficient (Wildman–Crippen LogP) is 2.62. The maximum atomic E-state index is 12.8. The first kappa shape index (κ1) is 15.8. The van der Waals surface area contributed by atoms with Crippen LogP contribution in [0.25, 0.3) is 0 Å². The maximum absolute atomic E-state index is 12.8. The maximum Gasteiger partial charge on any atom is 0.260 e. The van der Waals surface area contributed by atoms with Crippen LogP contribution in [0.3, 0.4) is 0 Å². The third-order valence-electron chi connectivity index (χ3n) is 3.46. The van der Waals surface area contributed by atoms with E-state index in [4.69, 9.17) is 9.47 Å². The summed E-state index contributed by atoms with van der Waals surface area (Å²) in [5.41, 5.74) is 0. The number of carbonyl (C=O) groups excluding carboxylic acids is 1. The van der Waals surface area contributed by atoms with Crippen molar-refractivity contribution in [2.75, 3.05) is 26.3 Å². The van der Waals surface area contributed by atoms with Crippen molar-refractivity contribution in [3.8, 4) is 5.75 Å². The summed E-state index contributed by atoms with van der Waals surface area (Å²) in [6.45, 7) is 4.16. The van der Waals surface area contributed by atoms with Crippen LogP contribution in [-0.4, -0.2) is 43.2 Å². The zero-order chi connectivity index (χ0) is 15.1. The molecule has 1 unspecified atom stereocenters. The van der Waals surface area contributed by atoms with E-state index in [1.54, 1.807) is 4.90 Å². The third kappa shape index (κ3) is 5.01. The molecule has 2 rings (SSSR count). The summed E-state index contributed by atoms with van der Waals surface area (Å²) < 4.78 is 23.9. The molecule has 1 saturated heterocycles. The van der Waals surface area contributed by atoms with Crippen LogP contribution in [-0.2, 0) is 9.53 Å². The van der Waals surface area contributed by atoms with Crippen LogP contribution in [0.5, 0.6) is 5.75 Å². The van der Waals surface area contributed by atoms with E-state index in [-0.39, 0.29) is 24.4 Å². The first-order valence-electron chi connectivity index (χ1n) is 7.46. The summed E-state index contributed by atoms with van der Waals surface area (Å²) >= 11 is 0. The minimum atomic E-state index is -0.319. The number of amides is 1. The highest BCUT2D eigenvalue weighted by Gasteiger charge is 2.24. The molecule has 1 aliphatic rings. The molecule has 0 aliphatic carbocycles. The van der Waals surface area contributed by atoms with Gasteiger partial charge in [0.15, 0.2) is 6.61 Å². The van der Waals surface area contributed by atoms with Crippen LogP contribution >= 0.6 is 0 Å². The van der Waals surface area contributed by atoms with Gasteiger partial charge in [-0.25, -0.2) is 4.39 Å². The Kier molecular flexibility index (Phi) is 5.99. The van der Waals surface area contributed by atoms with E-state index in [1.165, 1.54) is 24.3 Å². The molecular formula is C16H22FNO3. The van der Waals surface area contributed by atoms with Gasteiger partial charge in [-0.2, -0.15) is 0 Å². The smallest absolute Gasteiger partial charge is 0.260 e. The van der Waals surface area contributed by atoms with Crippen molar-refractivity contribution in [2.24, 2.45) is 0 Å². The van der Waals surface area contributed by atoms with Crippen LogP contribution in [0.1, 0.15) is 26.2 Å². The molecule has 0 N–H and O–H groups in total. The average Bonchev–Trinajstić information content (AvgIpc) is 2.52. The van der Waals surface area contributed by atoms with Gasteiger partial charge in [0.2, 0.25) is 0 Å². The average molecular weight is 295 g/mol. The van der Waals surface area contributed by atoms with Crippen molar-refractivity contribution in [3.63, 3.8) is 0 Å². The number of nitrogens with zero attached hydrogens (tertiary/aromatic N) is 1. The Morgan fingerprint density at radius 3 is 2.86 bits per heavy atom. The Morgan fingerprint density at radius 2 is 2.14 bits per heavy atom. The molecule has 1 aliphatic heterocycles. The summed E-state index contributed by atoms with van der Waals surface area (Å²) in [4.78, 5) is 13.9. The molecule has 21 heavy (non-hydrogen) atoms. The van der Waals surface area contributed by atoms with Gasteiger partial charge in [-0.3, -0.25) is 4.79 Å². The molecule has 1 fully saturated rings. The van der Waals surface area contributed by atoms with Crippen molar-refractivity contribution in [1.29, 1.82) is 0 Å². The molecule has 0 aromatic heterocycles. The molecule has 5 heteroatoms. The highest BCUT2D eigenvalue weighted by atomic mass is 19.1. The van der Waals surface area contributed by atoms with Gasteiger partial charge in [0.25, 0.3) is 5.91 Å². The standard InChI is InChI=1S/C16H22FNO3/c1-2-10-20-15-4-3-9-18(11-15)16(19)12-21-14-7-5-13(17)6-8-14/h5-8,15H,2-4,9-12H2,1H3. The predicted molar refractivity (Wildman–Crippen MR) is 77.7 cm³/mol. The summed E-state index contributed by atoms with van der Waals surface area (Å²) in [6, 6.07) is 5.67. The molecular weight excluding hydrogens is 273 g/mol. The Balaban J connectivity index is 1.78.